The van der Waals surface area contributed by atoms with Crippen LogP contribution in [0.25, 0.3) is 11.0 Å². The number of fused-ring (bicyclic) bond motifs is 1. The molecule has 1 heterocycles. The summed E-state index contributed by atoms with van der Waals surface area (Å²) >= 11 is 7.11. The molecule has 1 aromatic heterocycles. The molecule has 0 aliphatic carbocycles. The normalized spacial score (nSPS) is 12.3. The molecule has 0 bridgehead atoms. The highest BCUT2D eigenvalue weighted by atomic mass is 35.5. The number of nitrogens with zero attached hydrogens (tertiary/aromatic N) is 2. The zero-order valence-corrected chi connectivity index (χ0v) is 11.0. The van der Waals surface area contributed by atoms with Crippen molar-refractivity contribution in [1.82, 2.24) is 8.75 Å². The quantitative estimate of drug-likeness (QED) is 0.842. The molecule has 1 unspecified atom stereocenters. The molecule has 0 fully saturated rings. The van der Waals surface area contributed by atoms with E-state index in [0.717, 1.165) is 11.7 Å². The van der Waals surface area contributed by atoms with Crippen molar-refractivity contribution < 1.29 is 4.79 Å². The Kier molecular flexibility index (Phi) is 3.90. The SMILES string of the molecule is C=CCC(N)C(=O)Nc1c(Cl)ccc2nsnc12. The lowest BCUT2D eigenvalue weighted by atomic mass is 10.2. The number of rotatable bonds is 4. The van der Waals surface area contributed by atoms with E-state index >= 15 is 0 Å². The van der Waals surface area contributed by atoms with Gasteiger partial charge < -0.3 is 11.1 Å². The zero-order chi connectivity index (χ0) is 13.1. The van der Waals surface area contributed by atoms with Crippen LogP contribution in [0, 0.1) is 0 Å². The fourth-order valence-corrected chi connectivity index (χ4v) is 2.19. The molecular weight excluding hydrogens is 272 g/mol. The van der Waals surface area contributed by atoms with Crippen LogP contribution in [0.2, 0.25) is 5.02 Å². The van der Waals surface area contributed by atoms with Crippen molar-refractivity contribution >= 4 is 46.0 Å². The molecule has 3 N–H and O–H groups in total. The number of anilines is 1. The maximum absolute atomic E-state index is 11.8. The molecule has 2 aromatic rings. The molecule has 1 aromatic carbocycles. The number of nitrogens with one attached hydrogen (secondary N) is 1. The van der Waals surface area contributed by atoms with E-state index in [1.165, 1.54) is 0 Å². The average Bonchev–Trinajstić information content (AvgIpc) is 2.81. The molecule has 2 rings (SSSR count). The van der Waals surface area contributed by atoms with Gasteiger partial charge in [0.1, 0.15) is 11.0 Å². The van der Waals surface area contributed by atoms with Crippen LogP contribution in [-0.2, 0) is 4.79 Å². The summed E-state index contributed by atoms with van der Waals surface area (Å²) in [6.45, 7) is 3.54. The van der Waals surface area contributed by atoms with Crippen LogP contribution in [0.3, 0.4) is 0 Å². The third-order valence-corrected chi connectivity index (χ3v) is 3.24. The van der Waals surface area contributed by atoms with Crippen LogP contribution in [0.1, 0.15) is 6.42 Å². The van der Waals surface area contributed by atoms with Crippen molar-refractivity contribution in [1.29, 1.82) is 0 Å². The Bertz CT molecular complexity index is 598. The number of carbonyl (C=O) groups excluding carboxylic acids is 1. The van der Waals surface area contributed by atoms with Crippen molar-refractivity contribution in [3.05, 3.63) is 29.8 Å². The monoisotopic (exact) mass is 282 g/mol. The lowest BCUT2D eigenvalue weighted by molar-refractivity contribution is -0.117. The van der Waals surface area contributed by atoms with Crippen LogP contribution in [0.4, 0.5) is 5.69 Å². The van der Waals surface area contributed by atoms with E-state index in [1.54, 1.807) is 18.2 Å². The molecule has 1 amide bonds. The van der Waals surface area contributed by atoms with Gasteiger partial charge in [-0.2, -0.15) is 8.75 Å². The molecule has 18 heavy (non-hydrogen) atoms. The first-order valence-corrected chi connectivity index (χ1v) is 6.32. The number of hydrogen-bond donors (Lipinski definition) is 2. The average molecular weight is 283 g/mol. The Morgan fingerprint density at radius 3 is 3.11 bits per heavy atom. The van der Waals surface area contributed by atoms with Crippen LogP contribution < -0.4 is 11.1 Å². The fourth-order valence-electron chi connectivity index (χ4n) is 1.45. The highest BCUT2D eigenvalue weighted by molar-refractivity contribution is 7.00. The summed E-state index contributed by atoms with van der Waals surface area (Å²) in [6, 6.07) is 2.76. The van der Waals surface area contributed by atoms with Gasteiger partial charge in [0.05, 0.1) is 28.5 Å². The van der Waals surface area contributed by atoms with Crippen molar-refractivity contribution in [3.8, 4) is 0 Å². The molecule has 5 nitrogen and oxygen atoms in total. The third kappa shape index (κ3) is 2.50. The van der Waals surface area contributed by atoms with E-state index in [4.69, 9.17) is 17.3 Å². The van der Waals surface area contributed by atoms with E-state index in [1.807, 2.05) is 0 Å². The minimum atomic E-state index is -0.652. The van der Waals surface area contributed by atoms with E-state index in [-0.39, 0.29) is 5.91 Å². The van der Waals surface area contributed by atoms with Gasteiger partial charge in [0, 0.05) is 0 Å². The van der Waals surface area contributed by atoms with Crippen LogP contribution in [0.5, 0.6) is 0 Å². The predicted octanol–water partition coefficient (Wildman–Crippen LogP) is 2.19. The Labute approximate surface area is 113 Å². The number of carbonyl (C=O) groups is 1. The summed E-state index contributed by atoms with van der Waals surface area (Å²) in [4.78, 5) is 11.8. The van der Waals surface area contributed by atoms with Crippen LogP contribution in [0.15, 0.2) is 24.8 Å². The second kappa shape index (κ2) is 5.43. The van der Waals surface area contributed by atoms with Gasteiger partial charge in [-0.05, 0) is 18.6 Å². The van der Waals surface area contributed by atoms with Crippen molar-refractivity contribution in [2.24, 2.45) is 5.73 Å². The second-order valence-corrected chi connectivity index (χ2v) is 4.61. The Morgan fingerprint density at radius 1 is 1.61 bits per heavy atom. The molecule has 1 atom stereocenters. The summed E-state index contributed by atoms with van der Waals surface area (Å²) < 4.78 is 8.19. The molecule has 94 valence electrons. The highest BCUT2D eigenvalue weighted by Gasteiger charge is 2.16. The molecular formula is C11H11ClN4OS. The summed E-state index contributed by atoms with van der Waals surface area (Å²) in [6.07, 6.45) is 1.99. The molecule has 0 aliphatic rings. The molecule has 0 aliphatic heterocycles. The topological polar surface area (TPSA) is 80.9 Å². The maximum atomic E-state index is 11.8. The Hall–Kier alpha value is -1.50. The van der Waals surface area contributed by atoms with E-state index in [9.17, 15) is 4.79 Å². The van der Waals surface area contributed by atoms with Crippen molar-refractivity contribution in [3.63, 3.8) is 0 Å². The molecule has 0 spiro atoms. The minimum absolute atomic E-state index is 0.322. The number of benzene rings is 1. The van der Waals surface area contributed by atoms with Gasteiger partial charge in [-0.3, -0.25) is 4.79 Å². The lowest BCUT2D eigenvalue weighted by Gasteiger charge is -2.11. The third-order valence-electron chi connectivity index (χ3n) is 2.38. The maximum Gasteiger partial charge on any atom is 0.241 e. The molecule has 0 radical (unpaired) electrons. The lowest BCUT2D eigenvalue weighted by Crippen LogP contribution is -2.35. The Balaban J connectivity index is 2.30. The number of amides is 1. The van der Waals surface area contributed by atoms with Crippen LogP contribution in [-0.4, -0.2) is 20.7 Å². The van der Waals surface area contributed by atoms with Gasteiger partial charge >= 0.3 is 0 Å². The molecule has 0 saturated carbocycles. The molecule has 7 heteroatoms. The summed E-state index contributed by atoms with van der Waals surface area (Å²) in [7, 11) is 0. The second-order valence-electron chi connectivity index (χ2n) is 3.67. The molecule has 0 saturated heterocycles. The standard InChI is InChI=1S/C11H11ClN4OS/c1-2-3-7(13)11(17)14-9-6(12)4-5-8-10(9)16-18-15-8/h2,4-5,7H,1,3,13H2,(H,14,17). The smallest absolute Gasteiger partial charge is 0.241 e. The van der Waals surface area contributed by atoms with Crippen LogP contribution >= 0.6 is 23.3 Å². The van der Waals surface area contributed by atoms with Gasteiger partial charge in [-0.15, -0.1) is 6.58 Å². The largest absolute Gasteiger partial charge is 0.322 e. The summed E-state index contributed by atoms with van der Waals surface area (Å²) in [5.74, 6) is -0.322. The first-order valence-electron chi connectivity index (χ1n) is 5.21. The fraction of sp³-hybridized carbons (Fsp3) is 0.182. The van der Waals surface area contributed by atoms with Gasteiger partial charge in [0.2, 0.25) is 5.91 Å². The minimum Gasteiger partial charge on any atom is -0.322 e. The first kappa shape index (κ1) is 12.9. The van der Waals surface area contributed by atoms with Gasteiger partial charge in [-0.25, -0.2) is 0 Å². The number of hydrogen-bond acceptors (Lipinski definition) is 5. The van der Waals surface area contributed by atoms with Gasteiger partial charge in [0.15, 0.2) is 0 Å². The first-order chi connectivity index (χ1) is 8.63. The van der Waals surface area contributed by atoms with Gasteiger partial charge in [-0.1, -0.05) is 17.7 Å². The van der Waals surface area contributed by atoms with Gasteiger partial charge in [0.25, 0.3) is 0 Å². The van der Waals surface area contributed by atoms with E-state index < -0.39 is 6.04 Å². The van der Waals surface area contributed by atoms with Crippen molar-refractivity contribution in [2.75, 3.05) is 5.32 Å². The number of aromatic nitrogens is 2. The van der Waals surface area contributed by atoms with Crippen molar-refractivity contribution in [2.45, 2.75) is 12.5 Å². The summed E-state index contributed by atoms with van der Waals surface area (Å²) in [5, 5.41) is 3.10. The van der Waals surface area contributed by atoms with E-state index in [2.05, 4.69) is 20.6 Å². The number of halogens is 1. The zero-order valence-electron chi connectivity index (χ0n) is 9.39. The summed E-state index contributed by atoms with van der Waals surface area (Å²) in [5.41, 5.74) is 7.40. The number of nitrogens with two attached hydrogens (primary N) is 1. The highest BCUT2D eigenvalue weighted by Crippen LogP contribution is 2.29. The van der Waals surface area contributed by atoms with E-state index in [0.29, 0.717) is 28.2 Å². The Morgan fingerprint density at radius 2 is 2.39 bits per heavy atom. The predicted molar refractivity (Wildman–Crippen MR) is 73.8 cm³/mol.